The van der Waals surface area contributed by atoms with Gasteiger partial charge in [-0.1, -0.05) is 36.4 Å². The molecule has 1 fully saturated rings. The van der Waals surface area contributed by atoms with Gasteiger partial charge in [0.25, 0.3) is 0 Å². The van der Waals surface area contributed by atoms with Crippen LogP contribution < -0.4 is 5.32 Å². The second-order valence-corrected chi connectivity index (χ2v) is 7.85. The maximum atomic E-state index is 14.2. The van der Waals surface area contributed by atoms with Crippen molar-refractivity contribution in [2.75, 3.05) is 6.54 Å². The van der Waals surface area contributed by atoms with Crippen molar-refractivity contribution in [1.82, 2.24) is 15.2 Å². The van der Waals surface area contributed by atoms with Crippen molar-refractivity contribution in [3.8, 4) is 11.1 Å². The van der Waals surface area contributed by atoms with Crippen LogP contribution in [-0.2, 0) is 6.54 Å². The summed E-state index contributed by atoms with van der Waals surface area (Å²) in [7, 11) is 0. The summed E-state index contributed by atoms with van der Waals surface area (Å²) >= 11 is 0. The molecule has 5 rings (SSSR count). The second kappa shape index (κ2) is 8.42. The van der Waals surface area contributed by atoms with Crippen molar-refractivity contribution in [2.45, 2.75) is 25.4 Å². The van der Waals surface area contributed by atoms with Gasteiger partial charge in [-0.25, -0.2) is 18.6 Å². The van der Waals surface area contributed by atoms with Gasteiger partial charge in [-0.15, -0.1) is 0 Å². The van der Waals surface area contributed by atoms with E-state index < -0.39 is 11.6 Å². The van der Waals surface area contributed by atoms with Crippen LogP contribution >= 0.6 is 0 Å². The summed E-state index contributed by atoms with van der Waals surface area (Å²) in [6, 6.07) is 18.0. The van der Waals surface area contributed by atoms with Crippen LogP contribution in [0.25, 0.3) is 22.2 Å². The smallest absolute Gasteiger partial charge is 0.318 e. The fraction of sp³-hybridized carbons (Fsp3) is 0.200. The van der Waals surface area contributed by atoms with E-state index in [0.29, 0.717) is 41.2 Å². The summed E-state index contributed by atoms with van der Waals surface area (Å²) in [4.78, 5) is 19.1. The summed E-state index contributed by atoms with van der Waals surface area (Å²) in [6.45, 7) is 1.07. The number of carbonyl (C=O) groups is 1. The van der Waals surface area contributed by atoms with Gasteiger partial charge >= 0.3 is 6.03 Å². The monoisotopic (exact) mass is 433 g/mol. The first-order valence-electron chi connectivity index (χ1n) is 10.5. The molecule has 0 spiro atoms. The Morgan fingerprint density at radius 2 is 1.94 bits per heavy atom. The van der Waals surface area contributed by atoms with Crippen molar-refractivity contribution in [3.05, 3.63) is 89.8 Å². The first kappa shape index (κ1) is 20.2. The zero-order chi connectivity index (χ0) is 22.1. The van der Waals surface area contributed by atoms with E-state index in [2.05, 4.69) is 10.3 Å². The van der Waals surface area contributed by atoms with Gasteiger partial charge in [0.2, 0.25) is 5.89 Å². The van der Waals surface area contributed by atoms with Crippen molar-refractivity contribution in [1.29, 1.82) is 0 Å². The normalized spacial score (nSPS) is 15.9. The molecule has 1 aliphatic heterocycles. The number of carbonyl (C=O) groups excluding carboxylic acids is 1. The van der Waals surface area contributed by atoms with Crippen LogP contribution in [0.5, 0.6) is 0 Å². The van der Waals surface area contributed by atoms with Gasteiger partial charge in [-0.2, -0.15) is 0 Å². The molecule has 0 bridgehead atoms. The fourth-order valence-corrected chi connectivity index (χ4v) is 4.12. The molecule has 4 aromatic rings. The molecule has 1 atom stereocenters. The first-order valence-corrected chi connectivity index (χ1v) is 10.5. The minimum Gasteiger partial charge on any atom is -0.438 e. The maximum Gasteiger partial charge on any atom is 0.318 e. The number of amides is 2. The Kier molecular flexibility index (Phi) is 5.31. The Balaban J connectivity index is 1.37. The summed E-state index contributed by atoms with van der Waals surface area (Å²) in [5.41, 5.74) is 3.03. The largest absolute Gasteiger partial charge is 0.438 e. The predicted molar refractivity (Wildman–Crippen MR) is 117 cm³/mol. The van der Waals surface area contributed by atoms with E-state index >= 15 is 0 Å². The highest BCUT2D eigenvalue weighted by molar-refractivity contribution is 5.81. The Labute approximate surface area is 183 Å². The summed E-state index contributed by atoms with van der Waals surface area (Å²) < 4.78 is 33.4. The first-order chi connectivity index (χ1) is 15.6. The molecule has 32 heavy (non-hydrogen) atoms. The maximum absolute atomic E-state index is 14.2. The zero-order valence-corrected chi connectivity index (χ0v) is 17.2. The Morgan fingerprint density at radius 1 is 1.09 bits per heavy atom. The van der Waals surface area contributed by atoms with Crippen LogP contribution in [0.1, 0.15) is 30.3 Å². The van der Waals surface area contributed by atoms with Crippen molar-refractivity contribution >= 4 is 17.1 Å². The highest BCUT2D eigenvalue weighted by Gasteiger charge is 2.33. The molecular weight excluding hydrogens is 412 g/mol. The third kappa shape index (κ3) is 3.93. The number of nitrogens with one attached hydrogen (secondary N) is 1. The lowest BCUT2D eigenvalue weighted by molar-refractivity contribution is 0.184. The molecule has 162 valence electrons. The van der Waals surface area contributed by atoms with E-state index in [9.17, 15) is 13.6 Å². The van der Waals surface area contributed by atoms with Gasteiger partial charge in [0, 0.05) is 24.7 Å². The molecule has 3 aromatic carbocycles. The SMILES string of the molecule is O=C(NCc1ccccc1)N1CCC[C@@H]1c1nc2cc(-c3ccc(F)cc3F)ccc2o1. The Hall–Kier alpha value is -3.74. The molecule has 1 saturated heterocycles. The minimum absolute atomic E-state index is 0.160. The number of halogens is 2. The third-order valence-electron chi connectivity index (χ3n) is 5.73. The molecule has 0 unspecified atom stereocenters. The number of nitrogens with zero attached hydrogens (tertiary/aromatic N) is 2. The molecule has 2 amide bonds. The second-order valence-electron chi connectivity index (χ2n) is 7.85. The molecule has 1 aromatic heterocycles. The number of benzene rings is 3. The number of urea groups is 1. The average Bonchev–Trinajstić information content (AvgIpc) is 3.44. The summed E-state index contributed by atoms with van der Waals surface area (Å²) in [6.07, 6.45) is 1.61. The van der Waals surface area contributed by atoms with Crippen LogP contribution in [-0.4, -0.2) is 22.5 Å². The molecular formula is C25H21F2N3O2. The van der Waals surface area contributed by atoms with Gasteiger partial charge in [0.1, 0.15) is 23.2 Å². The van der Waals surface area contributed by atoms with Gasteiger partial charge in [-0.3, -0.25) is 0 Å². The highest BCUT2D eigenvalue weighted by Crippen LogP contribution is 2.34. The van der Waals surface area contributed by atoms with Gasteiger partial charge in [0.05, 0.1) is 0 Å². The molecule has 0 aliphatic carbocycles. The minimum atomic E-state index is -0.634. The molecule has 2 heterocycles. The number of fused-ring (bicyclic) bond motifs is 1. The van der Waals surface area contributed by atoms with Crippen LogP contribution in [0.4, 0.5) is 13.6 Å². The van der Waals surface area contributed by atoms with Gasteiger partial charge in [0.15, 0.2) is 5.58 Å². The van der Waals surface area contributed by atoms with Crippen LogP contribution in [0.15, 0.2) is 71.1 Å². The number of likely N-dealkylation sites (tertiary alicyclic amines) is 1. The van der Waals surface area contributed by atoms with E-state index in [1.54, 1.807) is 23.1 Å². The third-order valence-corrected chi connectivity index (χ3v) is 5.73. The van der Waals surface area contributed by atoms with E-state index in [4.69, 9.17) is 4.42 Å². The molecule has 0 saturated carbocycles. The zero-order valence-electron chi connectivity index (χ0n) is 17.2. The van der Waals surface area contributed by atoms with Gasteiger partial charge in [-0.05, 0) is 48.2 Å². The van der Waals surface area contributed by atoms with E-state index in [-0.39, 0.29) is 12.1 Å². The number of hydrogen-bond acceptors (Lipinski definition) is 3. The lowest BCUT2D eigenvalue weighted by Crippen LogP contribution is -2.39. The predicted octanol–water partition coefficient (Wildman–Crippen LogP) is 5.82. The standard InChI is InChI=1S/C25H21F2N3O2/c26-18-9-10-19(20(27)14-18)17-8-11-23-21(13-17)29-24(32-23)22-7-4-12-30(22)25(31)28-15-16-5-2-1-3-6-16/h1-3,5-6,8-11,13-14,22H,4,7,12,15H2,(H,28,31)/t22-/m1/s1. The lowest BCUT2D eigenvalue weighted by atomic mass is 10.0. The topological polar surface area (TPSA) is 58.4 Å². The van der Waals surface area contributed by atoms with Crippen molar-refractivity contribution < 1.29 is 18.0 Å². The number of aromatic nitrogens is 1. The van der Waals surface area contributed by atoms with Crippen LogP contribution in [0.3, 0.4) is 0 Å². The van der Waals surface area contributed by atoms with Crippen molar-refractivity contribution in [3.63, 3.8) is 0 Å². The highest BCUT2D eigenvalue weighted by atomic mass is 19.1. The molecule has 0 radical (unpaired) electrons. The Bertz CT molecular complexity index is 1270. The van der Waals surface area contributed by atoms with Gasteiger partial charge < -0.3 is 14.6 Å². The molecule has 1 N–H and O–H groups in total. The quantitative estimate of drug-likeness (QED) is 0.441. The lowest BCUT2D eigenvalue weighted by Gasteiger charge is -2.22. The Morgan fingerprint density at radius 3 is 2.75 bits per heavy atom. The van der Waals surface area contributed by atoms with Crippen LogP contribution in [0.2, 0.25) is 0 Å². The van der Waals surface area contributed by atoms with E-state index in [0.717, 1.165) is 24.5 Å². The molecule has 7 heteroatoms. The summed E-state index contributed by atoms with van der Waals surface area (Å²) in [5, 5.41) is 2.96. The molecule has 5 nitrogen and oxygen atoms in total. The number of hydrogen-bond donors (Lipinski definition) is 1. The van der Waals surface area contributed by atoms with E-state index in [1.807, 2.05) is 30.3 Å². The number of rotatable bonds is 4. The van der Waals surface area contributed by atoms with Crippen LogP contribution in [0, 0.1) is 11.6 Å². The molecule has 1 aliphatic rings. The van der Waals surface area contributed by atoms with Crippen molar-refractivity contribution in [2.24, 2.45) is 0 Å². The van der Waals surface area contributed by atoms with E-state index in [1.165, 1.54) is 12.1 Å². The average molecular weight is 433 g/mol. The summed E-state index contributed by atoms with van der Waals surface area (Å²) in [5.74, 6) is -0.794. The fourth-order valence-electron chi connectivity index (χ4n) is 4.12. The number of oxazole rings is 1.